The van der Waals surface area contributed by atoms with E-state index in [0.29, 0.717) is 17.3 Å². The van der Waals surface area contributed by atoms with Crippen LogP contribution in [0.3, 0.4) is 0 Å². The summed E-state index contributed by atoms with van der Waals surface area (Å²) in [5.74, 6) is 0.387. The first kappa shape index (κ1) is 13.1. The van der Waals surface area contributed by atoms with Crippen molar-refractivity contribution >= 4 is 11.4 Å². The Bertz CT molecular complexity index is 412. The molecule has 5 heteroatoms. The van der Waals surface area contributed by atoms with Crippen molar-refractivity contribution in [1.82, 2.24) is 0 Å². The molecule has 2 rings (SSSR count). The first-order valence-electron chi connectivity index (χ1n) is 6.15. The van der Waals surface area contributed by atoms with E-state index in [0.717, 1.165) is 25.9 Å². The van der Waals surface area contributed by atoms with E-state index in [1.807, 2.05) is 4.90 Å². The fourth-order valence-electron chi connectivity index (χ4n) is 2.51. The van der Waals surface area contributed by atoms with E-state index >= 15 is 0 Å². The minimum Gasteiger partial charge on any atom is -0.399 e. The number of nitrogens with two attached hydrogens (primary N) is 1. The van der Waals surface area contributed by atoms with Gasteiger partial charge in [-0.25, -0.2) is 8.78 Å². The summed E-state index contributed by atoms with van der Waals surface area (Å²) in [7, 11) is 0. The third-order valence-electron chi connectivity index (χ3n) is 3.45. The summed E-state index contributed by atoms with van der Waals surface area (Å²) in [6.07, 6.45) is -0.844. The summed E-state index contributed by atoms with van der Waals surface area (Å²) in [6.45, 7) is 1.64. The summed E-state index contributed by atoms with van der Waals surface area (Å²) in [5, 5.41) is 8.91. The maximum Gasteiger partial charge on any atom is 0.265 e. The second kappa shape index (κ2) is 5.52. The number of aliphatic hydroxyl groups excluding tert-OH is 1. The molecule has 3 nitrogen and oxygen atoms in total. The summed E-state index contributed by atoms with van der Waals surface area (Å²) < 4.78 is 26.0. The van der Waals surface area contributed by atoms with Crippen LogP contribution in [0.1, 0.15) is 24.8 Å². The van der Waals surface area contributed by atoms with Crippen molar-refractivity contribution in [1.29, 1.82) is 0 Å². The molecule has 0 aromatic heterocycles. The molecule has 0 spiro atoms. The van der Waals surface area contributed by atoms with Gasteiger partial charge in [0, 0.05) is 36.6 Å². The van der Waals surface area contributed by atoms with Crippen LogP contribution in [0.5, 0.6) is 0 Å². The highest BCUT2D eigenvalue weighted by Crippen LogP contribution is 2.34. The highest BCUT2D eigenvalue weighted by Gasteiger charge is 2.25. The fourth-order valence-corrected chi connectivity index (χ4v) is 2.51. The monoisotopic (exact) mass is 256 g/mol. The van der Waals surface area contributed by atoms with Crippen LogP contribution in [-0.2, 0) is 0 Å². The Morgan fingerprint density at radius 1 is 1.44 bits per heavy atom. The van der Waals surface area contributed by atoms with E-state index in [4.69, 9.17) is 10.8 Å². The Kier molecular flexibility index (Phi) is 4.01. The van der Waals surface area contributed by atoms with Gasteiger partial charge in [-0.3, -0.25) is 0 Å². The molecule has 1 saturated heterocycles. The van der Waals surface area contributed by atoms with Crippen LogP contribution in [0, 0.1) is 5.92 Å². The van der Waals surface area contributed by atoms with Crippen LogP contribution < -0.4 is 10.6 Å². The van der Waals surface area contributed by atoms with Gasteiger partial charge in [0.1, 0.15) is 0 Å². The van der Waals surface area contributed by atoms with E-state index in [2.05, 4.69) is 0 Å². The summed E-state index contributed by atoms with van der Waals surface area (Å²) in [6, 6.07) is 4.66. The zero-order valence-electron chi connectivity index (χ0n) is 10.1. The normalized spacial score (nSPS) is 19.8. The van der Waals surface area contributed by atoms with Crippen LogP contribution in [0.15, 0.2) is 18.2 Å². The number of halogens is 2. The lowest BCUT2D eigenvalue weighted by Gasteiger charge is -2.22. The molecule has 1 aliphatic rings. The molecule has 0 saturated carbocycles. The summed E-state index contributed by atoms with van der Waals surface area (Å²) in [5.41, 5.74) is 6.48. The van der Waals surface area contributed by atoms with Crippen molar-refractivity contribution in [3.8, 4) is 0 Å². The van der Waals surface area contributed by atoms with Gasteiger partial charge in [0.2, 0.25) is 0 Å². The third kappa shape index (κ3) is 2.72. The lowest BCUT2D eigenvalue weighted by atomic mass is 10.1. The molecule has 0 aliphatic carbocycles. The molecule has 1 aliphatic heterocycles. The second-order valence-corrected chi connectivity index (χ2v) is 4.73. The van der Waals surface area contributed by atoms with E-state index in [1.165, 1.54) is 6.07 Å². The number of benzene rings is 1. The largest absolute Gasteiger partial charge is 0.399 e. The quantitative estimate of drug-likeness (QED) is 0.813. The molecule has 1 unspecified atom stereocenters. The van der Waals surface area contributed by atoms with Gasteiger partial charge in [-0.2, -0.15) is 0 Å². The molecule has 3 N–H and O–H groups in total. The van der Waals surface area contributed by atoms with E-state index in [1.54, 1.807) is 12.1 Å². The molecule has 1 aromatic carbocycles. The summed E-state index contributed by atoms with van der Waals surface area (Å²) >= 11 is 0. The zero-order valence-corrected chi connectivity index (χ0v) is 10.1. The summed E-state index contributed by atoms with van der Waals surface area (Å²) in [4.78, 5) is 1.96. The molecule has 18 heavy (non-hydrogen) atoms. The minimum absolute atomic E-state index is 0.000325. The zero-order chi connectivity index (χ0) is 13.1. The predicted molar refractivity (Wildman–Crippen MR) is 67.8 cm³/mol. The maximum absolute atomic E-state index is 13.0. The van der Waals surface area contributed by atoms with Crippen LogP contribution in [0.4, 0.5) is 20.2 Å². The Morgan fingerprint density at radius 2 is 2.22 bits per heavy atom. The third-order valence-corrected chi connectivity index (χ3v) is 3.45. The van der Waals surface area contributed by atoms with Crippen LogP contribution >= 0.6 is 0 Å². The van der Waals surface area contributed by atoms with Crippen molar-refractivity contribution in [2.45, 2.75) is 19.3 Å². The molecular weight excluding hydrogens is 238 g/mol. The maximum atomic E-state index is 13.0. The van der Waals surface area contributed by atoms with Gasteiger partial charge in [0.15, 0.2) is 0 Å². The Balaban J connectivity index is 2.18. The molecule has 0 bridgehead atoms. The van der Waals surface area contributed by atoms with Crippen molar-refractivity contribution in [3.05, 3.63) is 23.8 Å². The minimum atomic E-state index is -2.51. The lowest BCUT2D eigenvalue weighted by Crippen LogP contribution is -2.21. The van der Waals surface area contributed by atoms with Crippen molar-refractivity contribution in [2.24, 2.45) is 5.92 Å². The fraction of sp³-hybridized carbons (Fsp3) is 0.538. The smallest absolute Gasteiger partial charge is 0.265 e. The van der Waals surface area contributed by atoms with Gasteiger partial charge in [-0.1, -0.05) is 0 Å². The average Bonchev–Trinajstić information content (AvgIpc) is 2.78. The van der Waals surface area contributed by atoms with Crippen LogP contribution in [0.2, 0.25) is 0 Å². The first-order valence-corrected chi connectivity index (χ1v) is 6.15. The molecule has 0 amide bonds. The topological polar surface area (TPSA) is 49.5 Å². The van der Waals surface area contributed by atoms with Gasteiger partial charge in [0.25, 0.3) is 6.43 Å². The lowest BCUT2D eigenvalue weighted by molar-refractivity contribution is 0.152. The van der Waals surface area contributed by atoms with Gasteiger partial charge in [0.05, 0.1) is 0 Å². The highest BCUT2D eigenvalue weighted by atomic mass is 19.3. The van der Waals surface area contributed by atoms with Gasteiger partial charge in [-0.15, -0.1) is 0 Å². The molecular formula is C13H18F2N2O. The van der Waals surface area contributed by atoms with Crippen LogP contribution in [0.25, 0.3) is 0 Å². The number of alkyl halides is 2. The van der Waals surface area contributed by atoms with Gasteiger partial charge < -0.3 is 15.7 Å². The Hall–Kier alpha value is -1.36. The number of nitrogen functional groups attached to an aromatic ring is 1. The molecule has 0 radical (unpaired) electrons. The van der Waals surface area contributed by atoms with Crippen molar-refractivity contribution < 1.29 is 13.9 Å². The average molecular weight is 256 g/mol. The van der Waals surface area contributed by atoms with Gasteiger partial charge >= 0.3 is 0 Å². The van der Waals surface area contributed by atoms with Crippen LogP contribution in [-0.4, -0.2) is 24.8 Å². The molecule has 1 heterocycles. The number of hydrogen-bond acceptors (Lipinski definition) is 3. The number of aliphatic hydroxyl groups is 1. The number of rotatable bonds is 4. The number of hydrogen-bond donors (Lipinski definition) is 2. The van der Waals surface area contributed by atoms with Crippen molar-refractivity contribution in [2.75, 3.05) is 30.3 Å². The van der Waals surface area contributed by atoms with E-state index in [9.17, 15) is 8.78 Å². The Morgan fingerprint density at radius 3 is 2.89 bits per heavy atom. The van der Waals surface area contributed by atoms with Gasteiger partial charge in [-0.05, 0) is 37.0 Å². The first-order chi connectivity index (χ1) is 8.61. The highest BCUT2D eigenvalue weighted by molar-refractivity contribution is 5.60. The predicted octanol–water partition coefficient (Wildman–Crippen LogP) is 2.42. The molecule has 1 fully saturated rings. The molecule has 1 atom stereocenters. The standard InChI is InChI=1S/C13H18F2N2O/c14-13(15)11-7-10(16)1-2-12(11)17-5-3-9(8-17)4-6-18/h1-2,7,9,13,18H,3-6,8,16H2. The number of nitrogens with zero attached hydrogens (tertiary/aromatic N) is 1. The SMILES string of the molecule is Nc1ccc(N2CCC(CCO)C2)c(C(F)F)c1. The molecule has 100 valence electrons. The van der Waals surface area contributed by atoms with E-state index in [-0.39, 0.29) is 12.2 Å². The second-order valence-electron chi connectivity index (χ2n) is 4.73. The Labute approximate surface area is 105 Å². The van der Waals surface area contributed by atoms with E-state index < -0.39 is 6.43 Å². The number of anilines is 2. The van der Waals surface area contributed by atoms with Crippen molar-refractivity contribution in [3.63, 3.8) is 0 Å². The molecule has 1 aromatic rings.